The maximum absolute atomic E-state index is 16.1. The second-order valence-electron chi connectivity index (χ2n) is 17.9. The highest BCUT2D eigenvalue weighted by atomic mass is 19.1. The fourth-order valence-electron chi connectivity index (χ4n) is 8.44. The van der Waals surface area contributed by atoms with Crippen molar-refractivity contribution in [3.8, 4) is 28.0 Å². The molecule has 0 saturated heterocycles. The van der Waals surface area contributed by atoms with Crippen molar-refractivity contribution in [2.24, 2.45) is 11.3 Å². The zero-order valence-electron chi connectivity index (χ0n) is 41.4. The quantitative estimate of drug-likeness (QED) is 0.0274. The van der Waals surface area contributed by atoms with E-state index in [-0.39, 0.29) is 23.6 Å². The Morgan fingerprint density at radius 2 is 1.17 bits per heavy atom. The van der Waals surface area contributed by atoms with E-state index in [1.807, 2.05) is 50.2 Å². The summed E-state index contributed by atoms with van der Waals surface area (Å²) in [7, 11) is 1.97. The van der Waals surface area contributed by atoms with E-state index in [0.29, 0.717) is 48.5 Å². The molecule has 4 rings (SSSR count). The maximum atomic E-state index is 16.1. The molecule has 1 saturated carbocycles. The Morgan fingerprint density at radius 3 is 1.72 bits per heavy atom. The molecule has 1 fully saturated rings. The molecule has 0 N–H and O–H groups in total. The number of benzene rings is 3. The summed E-state index contributed by atoms with van der Waals surface area (Å²) in [6, 6.07) is 15.5. The zero-order chi connectivity index (χ0) is 50.7. The number of carbonyl (C=O) groups excluding carboxylic acids is 6. The van der Waals surface area contributed by atoms with E-state index in [2.05, 4.69) is 35.6 Å². The van der Waals surface area contributed by atoms with Gasteiger partial charge in [0.15, 0.2) is 0 Å². The van der Waals surface area contributed by atoms with Gasteiger partial charge in [0, 0.05) is 16.7 Å². The van der Waals surface area contributed by atoms with E-state index in [0.717, 1.165) is 66.4 Å². The lowest BCUT2D eigenvalue weighted by Crippen LogP contribution is -2.45. The van der Waals surface area contributed by atoms with Crippen LogP contribution in [0.5, 0.6) is 5.75 Å². The van der Waals surface area contributed by atoms with Crippen LogP contribution >= 0.6 is 0 Å². The number of rotatable bonds is 24. The third-order valence-corrected chi connectivity index (χ3v) is 12.6. The number of hydrogen-bond acceptors (Lipinski definition) is 13. The summed E-state index contributed by atoms with van der Waals surface area (Å²) in [5.74, 6) is -5.57. The number of carbonyl (C=O) groups is 6. The molecular formula is C55H69FO13. The molecule has 3 aromatic carbocycles. The van der Waals surface area contributed by atoms with Gasteiger partial charge < -0.3 is 33.2 Å². The van der Waals surface area contributed by atoms with Crippen LogP contribution in [-0.4, -0.2) is 83.1 Å². The molecule has 0 bridgehead atoms. The van der Waals surface area contributed by atoms with Gasteiger partial charge in [-0.1, -0.05) is 89.9 Å². The molecule has 0 spiro atoms. The van der Waals surface area contributed by atoms with E-state index in [9.17, 15) is 28.8 Å². The van der Waals surface area contributed by atoms with E-state index in [1.54, 1.807) is 13.0 Å². The minimum atomic E-state index is -1.72. The fraction of sp³-hybridized carbons (Fsp3) is 0.491. The van der Waals surface area contributed by atoms with Crippen LogP contribution in [0.4, 0.5) is 4.39 Å². The van der Waals surface area contributed by atoms with Gasteiger partial charge in [0.2, 0.25) is 0 Å². The van der Waals surface area contributed by atoms with Crippen molar-refractivity contribution in [1.29, 1.82) is 0 Å². The number of hydrogen-bond donors (Lipinski definition) is 0. The lowest BCUT2D eigenvalue weighted by molar-refractivity contribution is -0.177. The second kappa shape index (κ2) is 27.0. The Hall–Kier alpha value is -6.31. The third-order valence-electron chi connectivity index (χ3n) is 12.6. The first kappa shape index (κ1) is 55.3. The first-order valence-electron chi connectivity index (χ1n) is 23.9. The molecule has 13 nitrogen and oxygen atoms in total. The van der Waals surface area contributed by atoms with Crippen LogP contribution < -0.4 is 4.74 Å². The van der Waals surface area contributed by atoms with Crippen LogP contribution in [0.15, 0.2) is 72.8 Å². The summed E-state index contributed by atoms with van der Waals surface area (Å²) >= 11 is 0. The van der Waals surface area contributed by atoms with Crippen molar-refractivity contribution in [2.45, 2.75) is 118 Å². The third kappa shape index (κ3) is 15.9. The van der Waals surface area contributed by atoms with Gasteiger partial charge in [-0.05, 0) is 134 Å². The maximum Gasteiger partial charge on any atom is 0.417 e. The SMILES string of the molecule is C=C(C)C(=O)OCCCc1cc(-c2ccc(-c3ccc(C4CCC(CCCCC)CC4)cc3F)cc2CC)c(CC)cc1OCC(COC(=O)C(=C)C)(COC(=O)C(=O)OC)COC(=O)C(=O)OC. The largest absolute Gasteiger partial charge is 0.492 e. The average molecular weight is 957 g/mol. The van der Waals surface area contributed by atoms with Crippen LogP contribution in [-0.2, 0) is 76.5 Å². The Balaban J connectivity index is 1.74. The Labute approximate surface area is 406 Å². The van der Waals surface area contributed by atoms with Crippen LogP contribution in [0.25, 0.3) is 22.3 Å². The highest BCUT2D eigenvalue weighted by Gasteiger charge is 2.39. The number of aryl methyl sites for hydroxylation is 3. The number of methoxy groups -OCH3 is 2. The topological polar surface area (TPSA) is 167 Å². The van der Waals surface area contributed by atoms with Crippen molar-refractivity contribution in [3.63, 3.8) is 0 Å². The van der Waals surface area contributed by atoms with Crippen LogP contribution in [0.2, 0.25) is 0 Å². The Bertz CT molecular complexity index is 2290. The predicted octanol–water partition coefficient (Wildman–Crippen LogP) is 10.1. The first-order valence-corrected chi connectivity index (χ1v) is 23.9. The molecular weight excluding hydrogens is 888 g/mol. The molecule has 374 valence electrons. The molecule has 0 atom stereocenters. The summed E-state index contributed by atoms with van der Waals surface area (Å²) in [6.45, 7) is 14.1. The number of ether oxygens (including phenoxy) is 7. The standard InChI is InChI=1S/C55H69FO13/c1-10-13-14-16-37-18-20-40(21-19-37)41-22-25-45(47(56)29-41)42-23-24-44(38(11-2)27-42)46-28-43(17-15-26-65-49(57)35(4)5)48(30-39(46)12-3)66-31-55(32-67-50(58)36(6)7,33-68-53(61)51(59)63-8)34-69-54(62)52(60)64-9/h22-25,27-30,37,40H,4,6,10-21,26,31-34H2,1-3,5,7-9H3. The second-order valence-corrected chi connectivity index (χ2v) is 17.9. The molecule has 14 heteroatoms. The molecule has 1 aliphatic rings. The van der Waals surface area contributed by atoms with Crippen molar-refractivity contribution >= 4 is 35.8 Å². The monoisotopic (exact) mass is 956 g/mol. The van der Waals surface area contributed by atoms with Crippen molar-refractivity contribution in [3.05, 3.63) is 101 Å². The van der Waals surface area contributed by atoms with Gasteiger partial charge in [-0.2, -0.15) is 0 Å². The zero-order valence-corrected chi connectivity index (χ0v) is 41.4. The van der Waals surface area contributed by atoms with Crippen LogP contribution in [0, 0.1) is 17.2 Å². The molecule has 0 unspecified atom stereocenters. The summed E-state index contributed by atoms with van der Waals surface area (Å²) in [5, 5.41) is 0. The molecule has 0 heterocycles. The molecule has 0 radical (unpaired) electrons. The fourth-order valence-corrected chi connectivity index (χ4v) is 8.44. The van der Waals surface area contributed by atoms with E-state index in [4.69, 9.17) is 23.7 Å². The van der Waals surface area contributed by atoms with Crippen LogP contribution in [0.3, 0.4) is 0 Å². The number of halogens is 1. The lowest BCUT2D eigenvalue weighted by Gasteiger charge is -2.32. The van der Waals surface area contributed by atoms with Crippen molar-refractivity contribution in [1.82, 2.24) is 0 Å². The van der Waals surface area contributed by atoms with Crippen molar-refractivity contribution < 1.29 is 66.3 Å². The normalized spacial score (nSPS) is 14.5. The van der Waals surface area contributed by atoms with E-state index >= 15 is 4.39 Å². The van der Waals surface area contributed by atoms with Crippen molar-refractivity contribution in [2.75, 3.05) is 47.3 Å². The minimum Gasteiger partial charge on any atom is -0.492 e. The lowest BCUT2D eigenvalue weighted by atomic mass is 9.77. The minimum absolute atomic E-state index is 0.0314. The Kier molecular flexibility index (Phi) is 21.7. The summed E-state index contributed by atoms with van der Waals surface area (Å²) in [6.07, 6.45) is 11.5. The van der Waals surface area contributed by atoms with Gasteiger partial charge in [-0.3, -0.25) is 0 Å². The van der Waals surface area contributed by atoms with Gasteiger partial charge in [-0.25, -0.2) is 33.2 Å². The highest BCUT2D eigenvalue weighted by molar-refractivity contribution is 6.30. The molecule has 0 aliphatic heterocycles. The molecule has 0 aromatic heterocycles. The predicted molar refractivity (Wildman–Crippen MR) is 259 cm³/mol. The molecule has 3 aromatic rings. The van der Waals surface area contributed by atoms with Gasteiger partial charge >= 0.3 is 35.8 Å². The van der Waals surface area contributed by atoms with Crippen LogP contribution in [0.1, 0.15) is 121 Å². The molecule has 0 amide bonds. The summed E-state index contributed by atoms with van der Waals surface area (Å²) in [4.78, 5) is 74.2. The summed E-state index contributed by atoms with van der Waals surface area (Å²) in [5.41, 5.74) is 5.26. The molecule has 1 aliphatic carbocycles. The number of unbranched alkanes of at least 4 members (excludes halogenated alkanes) is 2. The molecule has 69 heavy (non-hydrogen) atoms. The van der Waals surface area contributed by atoms with Gasteiger partial charge in [0.1, 0.15) is 43.4 Å². The smallest absolute Gasteiger partial charge is 0.417 e. The average Bonchev–Trinajstić information content (AvgIpc) is 3.36. The van der Waals surface area contributed by atoms with E-state index < -0.39 is 67.7 Å². The van der Waals surface area contributed by atoms with Gasteiger partial charge in [0.25, 0.3) is 0 Å². The Morgan fingerprint density at radius 1 is 0.609 bits per heavy atom. The number of esters is 6. The van der Waals surface area contributed by atoms with Gasteiger partial charge in [-0.15, -0.1) is 0 Å². The van der Waals surface area contributed by atoms with E-state index in [1.165, 1.54) is 45.4 Å². The highest BCUT2D eigenvalue weighted by Crippen LogP contribution is 2.41. The van der Waals surface area contributed by atoms with Gasteiger partial charge in [0.05, 0.1) is 20.8 Å². The summed E-state index contributed by atoms with van der Waals surface area (Å²) < 4.78 is 53.0. The first-order chi connectivity index (χ1) is 33.0.